The lowest BCUT2D eigenvalue weighted by molar-refractivity contribution is -0.157. The van der Waals surface area contributed by atoms with Crippen molar-refractivity contribution in [2.45, 2.75) is 104 Å². The first-order valence-electron chi connectivity index (χ1n) is 19.3. The summed E-state index contributed by atoms with van der Waals surface area (Å²) in [5.41, 5.74) is -1.07. The SMILES string of the molecule is C=C[C@@H]1C[C@]1(CC(=O)[C@@H]1C[C@@H](Oc2cc(-c3nnc(NC(C)C)s3)nc3c(Cl)c(OC)ccc23)CN1C(=O)[C@@H](CC(=O)OC1C[C@@H]2C[C@@H]2C1)C(C)(C)C)C(=O)O. The number of ether oxygens (including phenoxy) is 3. The van der Waals surface area contributed by atoms with Crippen LogP contribution >= 0.6 is 22.9 Å². The number of aliphatic carboxylic acids is 1. The van der Waals surface area contributed by atoms with E-state index in [1.165, 1.54) is 29.8 Å². The van der Waals surface area contributed by atoms with Crippen LogP contribution in [0.25, 0.3) is 21.6 Å². The van der Waals surface area contributed by atoms with Crippen molar-refractivity contribution in [1.29, 1.82) is 0 Å². The van der Waals surface area contributed by atoms with Gasteiger partial charge in [0.2, 0.25) is 11.0 Å². The number of carboxylic acids is 1. The van der Waals surface area contributed by atoms with E-state index in [1.54, 1.807) is 24.3 Å². The van der Waals surface area contributed by atoms with Gasteiger partial charge in [-0.15, -0.1) is 16.8 Å². The third-order valence-electron chi connectivity index (χ3n) is 11.9. The van der Waals surface area contributed by atoms with Crippen LogP contribution in [0.2, 0.25) is 5.02 Å². The summed E-state index contributed by atoms with van der Waals surface area (Å²) in [4.78, 5) is 61.2. The monoisotopic (exact) mass is 807 g/mol. The summed E-state index contributed by atoms with van der Waals surface area (Å²) in [6, 6.07) is 4.39. The molecular weight excluding hydrogens is 758 g/mol. The molecule has 8 atom stereocenters. The Kier molecular flexibility index (Phi) is 10.9. The molecule has 3 saturated carbocycles. The average molecular weight is 808 g/mol. The number of anilines is 1. The van der Waals surface area contributed by atoms with Gasteiger partial charge in [-0.05, 0) is 74.8 Å². The fourth-order valence-electron chi connectivity index (χ4n) is 8.53. The number of carbonyl (C=O) groups excluding carboxylic acids is 3. The third-order valence-corrected chi connectivity index (χ3v) is 13.1. The van der Waals surface area contributed by atoms with Gasteiger partial charge in [0.25, 0.3) is 0 Å². The second-order valence-corrected chi connectivity index (χ2v) is 18.6. The number of benzene rings is 1. The van der Waals surface area contributed by atoms with E-state index in [9.17, 15) is 24.3 Å². The summed E-state index contributed by atoms with van der Waals surface area (Å²) in [7, 11) is 1.51. The molecule has 3 heterocycles. The molecule has 1 aromatic carbocycles. The second-order valence-electron chi connectivity index (χ2n) is 17.3. The molecule has 2 aromatic heterocycles. The van der Waals surface area contributed by atoms with Crippen molar-refractivity contribution < 1.29 is 38.5 Å². The smallest absolute Gasteiger partial charge is 0.310 e. The van der Waals surface area contributed by atoms with Crippen molar-refractivity contribution in [2.75, 3.05) is 19.0 Å². The van der Waals surface area contributed by atoms with Gasteiger partial charge in [-0.25, -0.2) is 4.98 Å². The normalized spacial score (nSPS) is 27.1. The van der Waals surface area contributed by atoms with Gasteiger partial charge in [-0.2, -0.15) is 0 Å². The van der Waals surface area contributed by atoms with Crippen LogP contribution in [0.4, 0.5) is 5.13 Å². The zero-order valence-corrected chi connectivity index (χ0v) is 34.2. The molecule has 7 rings (SSSR count). The van der Waals surface area contributed by atoms with Crippen molar-refractivity contribution in [3.05, 3.63) is 35.9 Å². The van der Waals surface area contributed by atoms with E-state index in [2.05, 4.69) is 22.1 Å². The van der Waals surface area contributed by atoms with Gasteiger partial charge in [0.05, 0.1) is 43.0 Å². The topological polar surface area (TPSA) is 170 Å². The number of allylic oxidation sites excluding steroid dienone is 1. The Morgan fingerprint density at radius 2 is 1.84 bits per heavy atom. The Morgan fingerprint density at radius 1 is 1.11 bits per heavy atom. The van der Waals surface area contributed by atoms with Crippen LogP contribution in [-0.2, 0) is 23.9 Å². The van der Waals surface area contributed by atoms with Gasteiger partial charge < -0.3 is 29.5 Å². The molecule has 4 aliphatic rings. The van der Waals surface area contributed by atoms with Crippen molar-refractivity contribution in [2.24, 2.45) is 34.5 Å². The molecule has 15 heteroatoms. The number of ketones is 1. The van der Waals surface area contributed by atoms with E-state index in [0.717, 1.165) is 12.8 Å². The summed E-state index contributed by atoms with van der Waals surface area (Å²) >= 11 is 8.13. The molecule has 0 bridgehead atoms. The average Bonchev–Trinajstić information content (AvgIpc) is 3.80. The number of aromatic nitrogens is 3. The van der Waals surface area contributed by atoms with Gasteiger partial charge in [-0.3, -0.25) is 19.2 Å². The molecule has 4 fully saturated rings. The first-order chi connectivity index (χ1) is 26.5. The molecule has 0 radical (unpaired) electrons. The minimum absolute atomic E-state index is 0.0259. The molecule has 56 heavy (non-hydrogen) atoms. The van der Waals surface area contributed by atoms with E-state index < -0.39 is 40.8 Å². The highest BCUT2D eigenvalue weighted by atomic mass is 35.5. The van der Waals surface area contributed by atoms with Crippen LogP contribution in [0.15, 0.2) is 30.9 Å². The Balaban J connectivity index is 1.20. The number of nitrogens with zero attached hydrogens (tertiary/aromatic N) is 4. The fourth-order valence-corrected chi connectivity index (χ4v) is 9.67. The van der Waals surface area contributed by atoms with Gasteiger partial charge in [0, 0.05) is 30.3 Å². The van der Waals surface area contributed by atoms with Gasteiger partial charge in [-0.1, -0.05) is 49.8 Å². The lowest BCUT2D eigenvalue weighted by Crippen LogP contribution is -2.48. The first-order valence-corrected chi connectivity index (χ1v) is 20.5. The fraction of sp³-hybridized carbons (Fsp3) is 0.585. The molecule has 300 valence electrons. The number of carboxylic acid groups (broad SMARTS) is 1. The summed E-state index contributed by atoms with van der Waals surface area (Å²) in [5.74, 6) is -1.31. The number of nitrogens with one attached hydrogen (secondary N) is 1. The molecule has 2 N–H and O–H groups in total. The zero-order chi connectivity index (χ0) is 40.3. The minimum atomic E-state index is -1.27. The molecule has 3 aliphatic carbocycles. The highest BCUT2D eigenvalue weighted by Gasteiger charge is 2.61. The Labute approximate surface area is 335 Å². The Morgan fingerprint density at radius 3 is 2.46 bits per heavy atom. The second kappa shape index (κ2) is 15.2. The van der Waals surface area contributed by atoms with E-state index >= 15 is 0 Å². The maximum absolute atomic E-state index is 14.7. The number of pyridine rings is 1. The highest BCUT2D eigenvalue weighted by molar-refractivity contribution is 7.18. The van der Waals surface area contributed by atoms with Crippen LogP contribution in [0.1, 0.15) is 79.6 Å². The number of Topliss-reactive ketones (excluding diaryl/α,β-unsaturated/α-hetero) is 1. The molecule has 3 aromatic rings. The molecule has 1 saturated heterocycles. The zero-order valence-electron chi connectivity index (χ0n) is 32.7. The van der Waals surface area contributed by atoms with Crippen molar-refractivity contribution >= 4 is 62.6 Å². The number of hydrogen-bond acceptors (Lipinski definition) is 12. The molecule has 1 unspecified atom stereocenters. The van der Waals surface area contributed by atoms with E-state index in [-0.39, 0.29) is 60.6 Å². The predicted octanol–water partition coefficient (Wildman–Crippen LogP) is 7.21. The standard InChI is InChI=1S/C41H50ClN5O8S/c1-8-23-17-41(23,38(51)52)18-30(48)29-14-25(19-47(29)37(50)27(40(4,5)6)15-33(49)55-24-12-21-11-22(21)13-24)54-32-16-28(36-45-46-39(56-36)43-20(2)3)44-35-26(32)9-10-31(53-7)34(35)42/h8-10,16,20-25,27,29H,1,11-15,17-19H2,2-7H3,(H,43,46)(H,51,52)/t21-,22+,23-,24?,25-,27-,29+,41-/m1/s1. The summed E-state index contributed by atoms with van der Waals surface area (Å²) in [5, 5.41) is 24.0. The summed E-state index contributed by atoms with van der Waals surface area (Å²) in [6.45, 7) is 13.5. The number of amides is 1. The minimum Gasteiger partial charge on any atom is -0.495 e. The number of halogens is 1. The van der Waals surface area contributed by atoms with Crippen LogP contribution < -0.4 is 14.8 Å². The van der Waals surface area contributed by atoms with Crippen molar-refractivity contribution in [1.82, 2.24) is 20.1 Å². The number of rotatable bonds is 15. The maximum Gasteiger partial charge on any atom is 0.310 e. The quantitative estimate of drug-likeness (QED) is 0.117. The molecular formula is C41H50ClN5O8S. The number of hydrogen-bond donors (Lipinski definition) is 2. The Hall–Kier alpha value is -4.30. The summed E-state index contributed by atoms with van der Waals surface area (Å²) < 4.78 is 18.1. The van der Waals surface area contributed by atoms with Gasteiger partial charge >= 0.3 is 11.9 Å². The number of methoxy groups -OCH3 is 1. The molecule has 13 nitrogen and oxygen atoms in total. The van der Waals surface area contributed by atoms with Crippen molar-refractivity contribution in [3.63, 3.8) is 0 Å². The molecule has 1 amide bonds. The van der Waals surface area contributed by atoms with Gasteiger partial charge in [0.15, 0.2) is 10.8 Å². The van der Waals surface area contributed by atoms with E-state index in [4.69, 9.17) is 30.8 Å². The lowest BCUT2D eigenvalue weighted by Gasteiger charge is -2.35. The van der Waals surface area contributed by atoms with Crippen LogP contribution in [0.3, 0.4) is 0 Å². The highest BCUT2D eigenvalue weighted by Crippen LogP contribution is 2.57. The van der Waals surface area contributed by atoms with Gasteiger partial charge in [0.1, 0.15) is 34.4 Å². The maximum atomic E-state index is 14.7. The Bertz CT molecular complexity index is 2060. The first kappa shape index (κ1) is 39.9. The summed E-state index contributed by atoms with van der Waals surface area (Å²) in [6.07, 6.45) is 3.69. The van der Waals surface area contributed by atoms with Crippen LogP contribution in [0, 0.1) is 34.5 Å². The molecule has 1 aliphatic heterocycles. The largest absolute Gasteiger partial charge is 0.495 e. The number of carbonyl (C=O) groups is 4. The number of likely N-dealkylation sites (tertiary alicyclic amines) is 1. The number of esters is 1. The van der Waals surface area contributed by atoms with Crippen LogP contribution in [-0.4, -0.2) is 86.8 Å². The predicted molar refractivity (Wildman–Crippen MR) is 212 cm³/mol. The number of fused-ring (bicyclic) bond motifs is 2. The van der Waals surface area contributed by atoms with E-state index in [1.807, 2.05) is 34.6 Å². The van der Waals surface area contributed by atoms with Crippen LogP contribution in [0.5, 0.6) is 11.5 Å². The van der Waals surface area contributed by atoms with E-state index in [0.29, 0.717) is 56.5 Å². The lowest BCUT2D eigenvalue weighted by atomic mass is 9.77. The third kappa shape index (κ3) is 7.96. The van der Waals surface area contributed by atoms with Crippen molar-refractivity contribution in [3.8, 4) is 22.2 Å². The molecule has 0 spiro atoms.